The predicted octanol–water partition coefficient (Wildman–Crippen LogP) is 12.5. The molecule has 5 heteroatoms. The molecular weight excluding hydrogens is 760 g/mol. The number of benzene rings is 6. The van der Waals surface area contributed by atoms with E-state index in [1.54, 1.807) is 0 Å². The zero-order chi connectivity index (χ0) is 39.5. The normalized spacial score (nSPS) is 12.2. The second kappa shape index (κ2) is 14.8. The summed E-state index contributed by atoms with van der Waals surface area (Å²) in [5, 5.41) is 3.68. The first-order valence-electron chi connectivity index (χ1n) is 20.4. The van der Waals surface area contributed by atoms with Crippen LogP contribution in [0.1, 0.15) is 101 Å². The molecule has 0 atom stereocenters. The topological polar surface area (TPSA) is 35.1 Å². The summed E-state index contributed by atoms with van der Waals surface area (Å²) in [6.07, 6.45) is 2.11. The van der Waals surface area contributed by atoms with Crippen LogP contribution >= 0.6 is 0 Å². The van der Waals surface area contributed by atoms with Gasteiger partial charge in [-0.1, -0.05) is 0 Å². The molecule has 0 unspecified atom stereocenters. The molecule has 0 aliphatic rings. The van der Waals surface area contributed by atoms with Crippen LogP contribution in [-0.2, 0) is 0 Å². The Labute approximate surface area is 342 Å². The van der Waals surface area contributed by atoms with E-state index in [4.69, 9.17) is 9.97 Å². The van der Waals surface area contributed by atoms with Gasteiger partial charge < -0.3 is 0 Å². The molecule has 0 radical (unpaired) electrons. The molecule has 9 rings (SSSR count). The van der Waals surface area contributed by atoms with Gasteiger partial charge in [-0.3, -0.25) is 0 Å². The van der Waals surface area contributed by atoms with Crippen LogP contribution in [0, 0.1) is 0 Å². The van der Waals surface area contributed by atoms with Crippen LogP contribution in [0.25, 0.3) is 66.7 Å². The van der Waals surface area contributed by atoms with Crippen molar-refractivity contribution in [2.24, 2.45) is 0 Å². The van der Waals surface area contributed by atoms with Crippen molar-refractivity contribution in [3.8, 4) is 28.3 Å². The van der Waals surface area contributed by atoms with E-state index in [1.165, 1.54) is 69.8 Å². The zero-order valence-electron chi connectivity index (χ0n) is 34.2. The minimum atomic E-state index is 0.0487. The number of pyridine rings is 1. The van der Waals surface area contributed by atoms with Crippen molar-refractivity contribution in [2.75, 3.05) is 0 Å². The summed E-state index contributed by atoms with van der Waals surface area (Å²) in [4.78, 5) is 10.6. The SMILES string of the molecule is CC(C)c1cccc(C(C)C)c1-c1cnc2c3cc([Se]c4cccc(-c5nc6ccccc6n5-c5c(C(C)C)cccc5C(C)C)c4)ccc3c3ccccc3n12. The fourth-order valence-electron chi connectivity index (χ4n) is 8.76. The van der Waals surface area contributed by atoms with Gasteiger partial charge in [-0.15, -0.1) is 0 Å². The number of rotatable bonds is 9. The molecule has 0 N–H and O–H groups in total. The molecule has 0 spiro atoms. The van der Waals surface area contributed by atoms with Crippen LogP contribution in [0.5, 0.6) is 0 Å². The van der Waals surface area contributed by atoms with E-state index in [2.05, 4.69) is 198 Å². The van der Waals surface area contributed by atoms with Gasteiger partial charge in [0.25, 0.3) is 0 Å². The number of hydrogen-bond acceptors (Lipinski definition) is 2. The molecule has 284 valence electrons. The molecule has 0 aliphatic heterocycles. The second-order valence-corrected chi connectivity index (χ2v) is 19.0. The minimum absolute atomic E-state index is 0.0487. The number of fused-ring (bicyclic) bond motifs is 7. The third-order valence-electron chi connectivity index (χ3n) is 11.5. The van der Waals surface area contributed by atoms with Gasteiger partial charge in [0.1, 0.15) is 0 Å². The molecule has 0 saturated carbocycles. The molecule has 4 nitrogen and oxygen atoms in total. The maximum absolute atomic E-state index is 5.33. The maximum atomic E-state index is 5.33. The van der Waals surface area contributed by atoms with Crippen LogP contribution in [-0.4, -0.2) is 33.9 Å². The number of para-hydroxylation sites is 4. The van der Waals surface area contributed by atoms with E-state index in [9.17, 15) is 0 Å². The van der Waals surface area contributed by atoms with Crippen molar-refractivity contribution in [1.29, 1.82) is 0 Å². The fraction of sp³-hybridized carbons (Fsp3) is 0.231. The molecule has 0 amide bonds. The van der Waals surface area contributed by atoms with Crippen molar-refractivity contribution in [2.45, 2.75) is 79.1 Å². The summed E-state index contributed by atoms with van der Waals surface area (Å²) in [6.45, 7) is 18.4. The monoisotopic (exact) mass is 810 g/mol. The fourth-order valence-corrected chi connectivity index (χ4v) is 10.7. The average Bonchev–Trinajstić information content (AvgIpc) is 3.83. The van der Waals surface area contributed by atoms with Crippen LogP contribution in [0.3, 0.4) is 0 Å². The van der Waals surface area contributed by atoms with Gasteiger partial charge in [0.15, 0.2) is 0 Å². The number of nitrogens with zero attached hydrogens (tertiary/aromatic N) is 4. The van der Waals surface area contributed by atoms with Crippen molar-refractivity contribution < 1.29 is 0 Å². The molecule has 0 saturated heterocycles. The molecule has 0 aliphatic carbocycles. The van der Waals surface area contributed by atoms with Gasteiger partial charge in [0, 0.05) is 0 Å². The van der Waals surface area contributed by atoms with Gasteiger partial charge in [-0.25, -0.2) is 0 Å². The van der Waals surface area contributed by atoms with Crippen LogP contribution in [0.4, 0.5) is 0 Å². The Morgan fingerprint density at radius 1 is 0.509 bits per heavy atom. The first-order valence-corrected chi connectivity index (χ1v) is 22.2. The quantitative estimate of drug-likeness (QED) is 0.108. The summed E-state index contributed by atoms with van der Waals surface area (Å²) in [7, 11) is 0. The number of hydrogen-bond donors (Lipinski definition) is 0. The van der Waals surface area contributed by atoms with Gasteiger partial charge in [0.2, 0.25) is 0 Å². The Kier molecular flexibility index (Phi) is 9.63. The Hall–Kier alpha value is -5.48. The predicted molar refractivity (Wildman–Crippen MR) is 244 cm³/mol. The molecule has 3 heterocycles. The van der Waals surface area contributed by atoms with Gasteiger partial charge >= 0.3 is 344 Å². The van der Waals surface area contributed by atoms with Crippen molar-refractivity contribution in [1.82, 2.24) is 18.9 Å². The Balaban J connectivity index is 1.19. The molecular formula is C52H50N4Se. The Bertz CT molecular complexity index is 2910. The summed E-state index contributed by atoms with van der Waals surface area (Å²) in [6, 6.07) is 47.2. The van der Waals surface area contributed by atoms with Gasteiger partial charge in [0.05, 0.1) is 0 Å². The Morgan fingerprint density at radius 3 is 1.79 bits per heavy atom. The van der Waals surface area contributed by atoms with Crippen LogP contribution < -0.4 is 8.92 Å². The number of imidazole rings is 2. The number of aromatic nitrogens is 4. The van der Waals surface area contributed by atoms with Gasteiger partial charge in [-0.2, -0.15) is 0 Å². The molecule has 0 fully saturated rings. The summed E-state index contributed by atoms with van der Waals surface area (Å²) < 4.78 is 7.49. The van der Waals surface area contributed by atoms with Crippen LogP contribution in [0.15, 0.2) is 134 Å². The van der Waals surface area contributed by atoms with E-state index >= 15 is 0 Å². The molecule has 6 aromatic carbocycles. The van der Waals surface area contributed by atoms with E-state index in [0.29, 0.717) is 23.7 Å². The average molecular weight is 810 g/mol. The van der Waals surface area contributed by atoms with Crippen molar-refractivity contribution in [3.63, 3.8) is 0 Å². The first-order chi connectivity index (χ1) is 27.6. The molecule has 0 bridgehead atoms. The van der Waals surface area contributed by atoms with E-state index in [-0.39, 0.29) is 15.0 Å². The zero-order valence-corrected chi connectivity index (χ0v) is 35.9. The second-order valence-electron chi connectivity index (χ2n) is 16.6. The van der Waals surface area contributed by atoms with E-state index < -0.39 is 0 Å². The van der Waals surface area contributed by atoms with E-state index in [0.717, 1.165) is 28.1 Å². The van der Waals surface area contributed by atoms with Crippen molar-refractivity contribution in [3.05, 3.63) is 156 Å². The summed E-state index contributed by atoms with van der Waals surface area (Å²) in [5.41, 5.74) is 14.7. The third-order valence-corrected chi connectivity index (χ3v) is 13.6. The first kappa shape index (κ1) is 37.1. The third kappa shape index (κ3) is 6.38. The Morgan fingerprint density at radius 2 is 1.11 bits per heavy atom. The summed E-state index contributed by atoms with van der Waals surface area (Å²) in [5.74, 6) is 2.50. The molecule has 3 aromatic heterocycles. The standard InChI is InChI=1S/C52H50N4Se/c1-31(2)38-19-14-20-39(32(3)4)49(38)48-30-53-52-44-29-37(26-27-42(44)43-18-9-11-24-46(43)55(48)52)57-36-17-13-16-35(28-36)51-54-45-23-10-12-25-47(45)56(51)50-40(33(5)6)21-15-22-41(50)34(7)8/h9-34H,1-8H3. The van der Waals surface area contributed by atoms with Crippen LogP contribution in [0.2, 0.25) is 0 Å². The van der Waals surface area contributed by atoms with Gasteiger partial charge in [-0.05, 0) is 0 Å². The summed E-state index contributed by atoms with van der Waals surface area (Å²) >= 11 is 0.0487. The molecule has 57 heavy (non-hydrogen) atoms. The van der Waals surface area contributed by atoms with E-state index in [1.807, 2.05) is 0 Å². The van der Waals surface area contributed by atoms with Crippen molar-refractivity contribution >= 4 is 62.2 Å². The molecule has 9 aromatic rings.